The minimum Gasteiger partial charge on any atom is -0.480 e. The van der Waals surface area contributed by atoms with Gasteiger partial charge in [-0.05, 0) is 33.6 Å². The Kier molecular flexibility index (Phi) is 24.0. The number of unbranched alkanes of at least 4 members (excludes halogenated alkanes) is 14. The van der Waals surface area contributed by atoms with Crippen molar-refractivity contribution in [1.29, 1.82) is 0 Å². The van der Waals surface area contributed by atoms with Gasteiger partial charge >= 0.3 is 5.97 Å². The Labute approximate surface area is 193 Å². The van der Waals surface area contributed by atoms with Gasteiger partial charge in [-0.3, -0.25) is 4.79 Å². The Morgan fingerprint density at radius 1 is 0.742 bits per heavy atom. The summed E-state index contributed by atoms with van der Waals surface area (Å²) in [5, 5.41) is 11.5. The van der Waals surface area contributed by atoms with Gasteiger partial charge in [0.15, 0.2) is 0 Å². The predicted molar refractivity (Wildman–Crippen MR) is 135 cm³/mol. The van der Waals surface area contributed by atoms with Gasteiger partial charge in [0.2, 0.25) is 5.91 Å². The average Bonchev–Trinajstić information content (AvgIpc) is 2.71. The van der Waals surface area contributed by atoms with Crippen molar-refractivity contribution in [3.63, 3.8) is 0 Å². The Morgan fingerprint density at radius 2 is 1.13 bits per heavy atom. The summed E-state index contributed by atoms with van der Waals surface area (Å²) < 4.78 is 0. The van der Waals surface area contributed by atoms with E-state index in [1.165, 1.54) is 97.3 Å². The zero-order valence-electron chi connectivity index (χ0n) is 21.4. The van der Waals surface area contributed by atoms with Crippen LogP contribution in [-0.4, -0.2) is 22.5 Å². The van der Waals surface area contributed by atoms with Crippen LogP contribution >= 0.6 is 0 Å². The first-order valence-electron chi connectivity index (χ1n) is 13.0. The molecule has 2 N–H and O–H groups in total. The first kappa shape index (κ1) is 31.9. The number of carbonyl (C=O) groups excluding carboxylic acids is 1. The van der Waals surface area contributed by atoms with Crippen LogP contribution in [0.25, 0.3) is 0 Å². The van der Waals surface area contributed by atoms with Crippen molar-refractivity contribution in [2.24, 2.45) is 0 Å². The molecule has 184 valence electrons. The molecule has 0 saturated heterocycles. The van der Waals surface area contributed by atoms with Crippen molar-refractivity contribution in [2.75, 3.05) is 0 Å². The maximum atomic E-state index is 11.7. The van der Waals surface area contributed by atoms with Crippen molar-refractivity contribution in [1.82, 2.24) is 5.32 Å². The van der Waals surface area contributed by atoms with E-state index in [1.54, 1.807) is 0 Å². The minimum absolute atomic E-state index is 0.160. The Hall–Kier alpha value is -1.32. The van der Waals surface area contributed by atoms with E-state index >= 15 is 0 Å². The van der Waals surface area contributed by atoms with E-state index in [4.69, 9.17) is 5.11 Å². The van der Waals surface area contributed by atoms with E-state index in [0.29, 0.717) is 6.42 Å². The summed E-state index contributed by atoms with van der Waals surface area (Å²) in [6, 6.07) is 0. The number of rotatable bonds is 19. The zero-order valence-corrected chi connectivity index (χ0v) is 21.4. The number of hydrogen-bond acceptors (Lipinski definition) is 2. The molecule has 4 nitrogen and oxygen atoms in total. The normalized spacial score (nSPS) is 11.3. The van der Waals surface area contributed by atoms with Crippen molar-refractivity contribution in [3.05, 3.63) is 12.2 Å². The number of carbonyl (C=O) groups is 2. The number of allylic oxidation sites excluding steroid dienone is 2. The Bertz CT molecular complexity index is 444. The van der Waals surface area contributed by atoms with Gasteiger partial charge in [0.25, 0.3) is 0 Å². The molecule has 0 rings (SSSR count). The molecule has 0 aliphatic rings. The van der Waals surface area contributed by atoms with E-state index in [0.717, 1.165) is 19.3 Å². The molecule has 0 unspecified atom stereocenters. The van der Waals surface area contributed by atoms with Gasteiger partial charge < -0.3 is 10.4 Å². The Balaban J connectivity index is 0. The van der Waals surface area contributed by atoms with E-state index < -0.39 is 11.5 Å². The SMILES string of the molecule is C/C=C\CC.CCCCCCCCCCCCCCCCCC(=O)NC(C)(C)C(=O)O. The highest BCUT2D eigenvalue weighted by Crippen LogP contribution is 2.14. The van der Waals surface area contributed by atoms with Crippen LogP contribution in [0.1, 0.15) is 144 Å². The molecule has 0 aromatic carbocycles. The van der Waals surface area contributed by atoms with Crippen LogP contribution in [0.15, 0.2) is 12.2 Å². The summed E-state index contributed by atoms with van der Waals surface area (Å²) in [6.07, 6.45) is 25.2. The maximum Gasteiger partial charge on any atom is 0.328 e. The molecule has 0 atom stereocenters. The zero-order chi connectivity index (χ0) is 23.8. The molecule has 0 fully saturated rings. The molecule has 0 aromatic heterocycles. The fourth-order valence-corrected chi connectivity index (χ4v) is 3.36. The first-order valence-corrected chi connectivity index (χ1v) is 13.0. The molecule has 0 saturated carbocycles. The van der Waals surface area contributed by atoms with E-state index in [2.05, 4.69) is 31.3 Å². The van der Waals surface area contributed by atoms with Crippen molar-refractivity contribution >= 4 is 11.9 Å². The van der Waals surface area contributed by atoms with Crippen LogP contribution in [0.5, 0.6) is 0 Å². The van der Waals surface area contributed by atoms with Gasteiger partial charge in [0, 0.05) is 6.42 Å². The molecule has 31 heavy (non-hydrogen) atoms. The van der Waals surface area contributed by atoms with E-state index in [-0.39, 0.29) is 5.91 Å². The van der Waals surface area contributed by atoms with Crippen LogP contribution in [0.2, 0.25) is 0 Å². The summed E-state index contributed by atoms with van der Waals surface area (Å²) in [7, 11) is 0. The number of carboxylic acids is 1. The molecule has 4 heteroatoms. The standard InChI is InChI=1S/C22H43NO3.C5H10/c1-4-5-6-7-8-9-10-11-12-13-14-15-16-17-18-19-20(24)23-22(2,3)21(25)26;1-3-5-4-2/h4-19H2,1-3H3,(H,23,24)(H,25,26);3,5H,4H2,1-2H3/b;5-3-. The number of amides is 1. The van der Waals surface area contributed by atoms with Crippen molar-refractivity contribution < 1.29 is 14.7 Å². The number of aliphatic carboxylic acids is 1. The molecule has 1 amide bonds. The van der Waals surface area contributed by atoms with Crippen LogP contribution in [0.4, 0.5) is 0 Å². The van der Waals surface area contributed by atoms with Gasteiger partial charge in [-0.25, -0.2) is 4.79 Å². The van der Waals surface area contributed by atoms with Crippen molar-refractivity contribution in [2.45, 2.75) is 149 Å². The lowest BCUT2D eigenvalue weighted by Crippen LogP contribution is -2.49. The Morgan fingerprint density at radius 3 is 1.42 bits per heavy atom. The highest BCUT2D eigenvalue weighted by molar-refractivity contribution is 5.86. The summed E-state index contributed by atoms with van der Waals surface area (Å²) in [5.41, 5.74) is -1.17. The summed E-state index contributed by atoms with van der Waals surface area (Å²) in [6.45, 7) is 9.45. The lowest BCUT2D eigenvalue weighted by atomic mass is 10.0. The fourth-order valence-electron chi connectivity index (χ4n) is 3.36. The van der Waals surface area contributed by atoms with Crippen LogP contribution in [0.3, 0.4) is 0 Å². The molecule has 0 heterocycles. The second-order valence-electron chi connectivity index (χ2n) is 9.16. The number of carboxylic acid groups (broad SMARTS) is 1. The second kappa shape index (κ2) is 23.3. The predicted octanol–water partition coefficient (Wildman–Crippen LogP) is 8.20. The molecular formula is C27H53NO3. The smallest absolute Gasteiger partial charge is 0.328 e. The van der Waals surface area contributed by atoms with Crippen LogP contribution in [0, 0.1) is 0 Å². The van der Waals surface area contributed by atoms with E-state index in [1.807, 2.05) is 6.92 Å². The molecular weight excluding hydrogens is 386 g/mol. The average molecular weight is 440 g/mol. The highest BCUT2D eigenvalue weighted by atomic mass is 16.4. The number of hydrogen-bond donors (Lipinski definition) is 2. The second-order valence-corrected chi connectivity index (χ2v) is 9.16. The number of nitrogens with one attached hydrogen (secondary N) is 1. The largest absolute Gasteiger partial charge is 0.480 e. The van der Waals surface area contributed by atoms with Crippen LogP contribution in [-0.2, 0) is 9.59 Å². The molecule has 0 radical (unpaired) electrons. The molecule has 0 aliphatic carbocycles. The summed E-state index contributed by atoms with van der Waals surface area (Å²) in [5.74, 6) is -1.16. The fraction of sp³-hybridized carbons (Fsp3) is 0.852. The monoisotopic (exact) mass is 439 g/mol. The van der Waals surface area contributed by atoms with Crippen LogP contribution < -0.4 is 5.32 Å². The summed E-state index contributed by atoms with van der Waals surface area (Å²) in [4.78, 5) is 22.7. The quantitative estimate of drug-likeness (QED) is 0.157. The van der Waals surface area contributed by atoms with Gasteiger partial charge in [0.05, 0.1) is 0 Å². The molecule has 0 bridgehead atoms. The first-order chi connectivity index (χ1) is 14.8. The lowest BCUT2D eigenvalue weighted by molar-refractivity contribution is -0.146. The topological polar surface area (TPSA) is 66.4 Å². The minimum atomic E-state index is -1.17. The van der Waals surface area contributed by atoms with Gasteiger partial charge in [-0.15, -0.1) is 0 Å². The van der Waals surface area contributed by atoms with Gasteiger partial charge in [-0.2, -0.15) is 0 Å². The lowest BCUT2D eigenvalue weighted by Gasteiger charge is -2.20. The molecule has 0 aromatic rings. The maximum absolute atomic E-state index is 11.7. The molecule has 0 aliphatic heterocycles. The summed E-state index contributed by atoms with van der Waals surface area (Å²) >= 11 is 0. The third-order valence-electron chi connectivity index (χ3n) is 5.47. The van der Waals surface area contributed by atoms with Crippen molar-refractivity contribution in [3.8, 4) is 0 Å². The highest BCUT2D eigenvalue weighted by Gasteiger charge is 2.28. The van der Waals surface area contributed by atoms with Gasteiger partial charge in [0.1, 0.15) is 5.54 Å². The van der Waals surface area contributed by atoms with Gasteiger partial charge in [-0.1, -0.05) is 116 Å². The molecule has 0 spiro atoms. The third-order valence-corrected chi connectivity index (χ3v) is 5.47. The third kappa shape index (κ3) is 24.8. The van der Waals surface area contributed by atoms with E-state index in [9.17, 15) is 9.59 Å².